The number of thiophene rings is 1. The van der Waals surface area contributed by atoms with Gasteiger partial charge in [0.1, 0.15) is 10.9 Å². The van der Waals surface area contributed by atoms with E-state index in [1.54, 1.807) is 6.07 Å². The number of hydrogen-bond donors (Lipinski definition) is 0. The van der Waals surface area contributed by atoms with Crippen molar-refractivity contribution < 1.29 is 4.52 Å². The van der Waals surface area contributed by atoms with Crippen LogP contribution in [-0.4, -0.2) is 10.1 Å². The van der Waals surface area contributed by atoms with Crippen LogP contribution in [0.1, 0.15) is 24.0 Å². The minimum Gasteiger partial charge on any atom is -0.333 e. The Morgan fingerprint density at radius 1 is 1.53 bits per heavy atom. The number of aromatic nitrogens is 2. The third-order valence-corrected chi connectivity index (χ3v) is 2.85. The van der Waals surface area contributed by atoms with Gasteiger partial charge in [-0.05, 0) is 18.6 Å². The first-order chi connectivity index (χ1) is 7.33. The van der Waals surface area contributed by atoms with Crippen molar-refractivity contribution in [2.24, 2.45) is 0 Å². The van der Waals surface area contributed by atoms with E-state index in [1.165, 1.54) is 11.3 Å². The summed E-state index contributed by atoms with van der Waals surface area (Å²) in [6, 6.07) is 5.66. The van der Waals surface area contributed by atoms with Gasteiger partial charge < -0.3 is 4.52 Å². The molecule has 0 saturated carbocycles. The molecule has 2 heterocycles. The fraction of sp³-hybridized carbons (Fsp3) is 0.300. The van der Waals surface area contributed by atoms with Crippen molar-refractivity contribution >= 4 is 11.3 Å². The van der Waals surface area contributed by atoms with Crippen LogP contribution in [0.2, 0.25) is 0 Å². The molecule has 0 atom stereocenters. The van der Waals surface area contributed by atoms with E-state index in [-0.39, 0.29) is 0 Å². The number of hydrogen-bond acceptors (Lipinski definition) is 5. The summed E-state index contributed by atoms with van der Waals surface area (Å²) < 4.78 is 5.10. The molecule has 0 unspecified atom stereocenters. The smallest absolute Gasteiger partial charge is 0.268 e. The lowest BCUT2D eigenvalue weighted by Crippen LogP contribution is -1.84. The van der Waals surface area contributed by atoms with Gasteiger partial charge in [0.05, 0.1) is 4.88 Å². The largest absolute Gasteiger partial charge is 0.333 e. The molecule has 0 aliphatic rings. The highest BCUT2D eigenvalue weighted by Gasteiger charge is 2.10. The Kier molecular flexibility index (Phi) is 2.79. The number of nitrogens with zero attached hydrogens (tertiary/aromatic N) is 3. The number of aryl methyl sites for hydroxylation is 1. The monoisotopic (exact) mass is 219 g/mol. The predicted molar refractivity (Wildman–Crippen MR) is 56.3 cm³/mol. The summed E-state index contributed by atoms with van der Waals surface area (Å²) in [6.07, 6.45) is 1.81. The first kappa shape index (κ1) is 9.87. The third-order valence-electron chi connectivity index (χ3n) is 1.87. The summed E-state index contributed by atoms with van der Waals surface area (Å²) in [7, 11) is 0. The molecule has 15 heavy (non-hydrogen) atoms. The number of rotatable bonds is 3. The lowest BCUT2D eigenvalue weighted by molar-refractivity contribution is 0.423. The Morgan fingerprint density at radius 2 is 2.40 bits per heavy atom. The van der Waals surface area contributed by atoms with Crippen molar-refractivity contribution in [2.75, 3.05) is 0 Å². The van der Waals surface area contributed by atoms with Gasteiger partial charge in [-0.3, -0.25) is 0 Å². The second-order valence-electron chi connectivity index (χ2n) is 3.04. The van der Waals surface area contributed by atoms with Crippen LogP contribution in [0.25, 0.3) is 10.8 Å². The van der Waals surface area contributed by atoms with E-state index in [0.717, 1.165) is 23.5 Å². The molecule has 0 aliphatic carbocycles. The second kappa shape index (κ2) is 4.24. The van der Waals surface area contributed by atoms with Gasteiger partial charge in [-0.2, -0.15) is 10.2 Å². The van der Waals surface area contributed by atoms with E-state index in [4.69, 9.17) is 9.78 Å². The van der Waals surface area contributed by atoms with Gasteiger partial charge in [-0.1, -0.05) is 12.1 Å². The van der Waals surface area contributed by atoms with Crippen LogP contribution in [0.15, 0.2) is 16.7 Å². The molecular weight excluding hydrogens is 210 g/mol. The van der Waals surface area contributed by atoms with Gasteiger partial charge in [-0.25, -0.2) is 0 Å². The van der Waals surface area contributed by atoms with Crippen molar-refractivity contribution in [1.82, 2.24) is 10.1 Å². The Morgan fingerprint density at radius 3 is 3.07 bits per heavy atom. The van der Waals surface area contributed by atoms with Crippen molar-refractivity contribution in [1.29, 1.82) is 5.26 Å². The summed E-state index contributed by atoms with van der Waals surface area (Å²) in [5, 5.41) is 12.5. The zero-order valence-corrected chi connectivity index (χ0v) is 9.04. The van der Waals surface area contributed by atoms with E-state index in [0.29, 0.717) is 10.8 Å². The zero-order valence-electron chi connectivity index (χ0n) is 8.23. The fourth-order valence-corrected chi connectivity index (χ4v) is 1.92. The minimum atomic E-state index is 0.505. The van der Waals surface area contributed by atoms with E-state index in [1.807, 2.05) is 6.07 Å². The molecule has 0 spiro atoms. The maximum atomic E-state index is 8.68. The van der Waals surface area contributed by atoms with E-state index >= 15 is 0 Å². The standard InChI is InChI=1S/C10H9N3OS/c1-2-3-9-12-10(14-13-9)8-5-4-7(6-11)15-8/h4-5H,2-3H2,1H3. The highest BCUT2D eigenvalue weighted by molar-refractivity contribution is 7.15. The van der Waals surface area contributed by atoms with Crippen LogP contribution in [0.3, 0.4) is 0 Å². The molecule has 76 valence electrons. The maximum absolute atomic E-state index is 8.68. The molecule has 5 heteroatoms. The van der Waals surface area contributed by atoms with E-state index in [9.17, 15) is 0 Å². The quantitative estimate of drug-likeness (QED) is 0.796. The second-order valence-corrected chi connectivity index (χ2v) is 4.13. The van der Waals surface area contributed by atoms with Crippen molar-refractivity contribution in [3.63, 3.8) is 0 Å². The molecule has 4 nitrogen and oxygen atoms in total. The molecule has 0 amide bonds. The van der Waals surface area contributed by atoms with Crippen molar-refractivity contribution in [3.05, 3.63) is 22.8 Å². The highest BCUT2D eigenvalue weighted by Crippen LogP contribution is 2.26. The zero-order chi connectivity index (χ0) is 10.7. The topological polar surface area (TPSA) is 62.7 Å². The Bertz CT molecular complexity index is 495. The first-order valence-electron chi connectivity index (χ1n) is 4.66. The lowest BCUT2D eigenvalue weighted by Gasteiger charge is -1.84. The molecular formula is C10H9N3OS. The van der Waals surface area contributed by atoms with Crippen LogP contribution < -0.4 is 0 Å². The molecule has 2 rings (SSSR count). The van der Waals surface area contributed by atoms with Gasteiger partial charge >= 0.3 is 0 Å². The molecule has 0 fully saturated rings. The normalized spacial score (nSPS) is 10.1. The van der Waals surface area contributed by atoms with Crippen molar-refractivity contribution in [3.8, 4) is 16.8 Å². The average molecular weight is 219 g/mol. The molecule has 2 aromatic rings. The molecule has 0 saturated heterocycles. The average Bonchev–Trinajstić information content (AvgIpc) is 2.85. The van der Waals surface area contributed by atoms with Crippen LogP contribution in [0.5, 0.6) is 0 Å². The van der Waals surface area contributed by atoms with E-state index < -0.39 is 0 Å². The summed E-state index contributed by atoms with van der Waals surface area (Å²) >= 11 is 1.36. The molecule has 0 aromatic carbocycles. The third kappa shape index (κ3) is 2.05. The fourth-order valence-electron chi connectivity index (χ4n) is 1.19. The van der Waals surface area contributed by atoms with Gasteiger partial charge in [0.15, 0.2) is 5.82 Å². The van der Waals surface area contributed by atoms with E-state index in [2.05, 4.69) is 23.1 Å². The summed E-state index contributed by atoms with van der Waals surface area (Å²) in [4.78, 5) is 5.74. The van der Waals surface area contributed by atoms with Gasteiger partial charge in [-0.15, -0.1) is 11.3 Å². The molecule has 0 N–H and O–H groups in total. The molecule has 2 aromatic heterocycles. The molecule has 0 bridgehead atoms. The highest BCUT2D eigenvalue weighted by atomic mass is 32.1. The van der Waals surface area contributed by atoms with Gasteiger partial charge in [0.25, 0.3) is 5.89 Å². The summed E-state index contributed by atoms with van der Waals surface area (Å²) in [5.41, 5.74) is 0. The lowest BCUT2D eigenvalue weighted by atomic mass is 10.3. The summed E-state index contributed by atoms with van der Waals surface area (Å²) in [5.74, 6) is 1.23. The predicted octanol–water partition coefficient (Wildman–Crippen LogP) is 2.62. The van der Waals surface area contributed by atoms with Crippen LogP contribution >= 0.6 is 11.3 Å². The SMILES string of the molecule is CCCc1noc(-c2ccc(C#N)s2)n1. The maximum Gasteiger partial charge on any atom is 0.268 e. The first-order valence-corrected chi connectivity index (χ1v) is 5.48. The Hall–Kier alpha value is -1.67. The van der Waals surface area contributed by atoms with Gasteiger partial charge in [0.2, 0.25) is 0 Å². The number of nitriles is 1. The summed E-state index contributed by atoms with van der Waals surface area (Å²) in [6.45, 7) is 2.06. The Labute approximate surface area is 91.2 Å². The van der Waals surface area contributed by atoms with Crippen molar-refractivity contribution in [2.45, 2.75) is 19.8 Å². The molecule has 0 radical (unpaired) electrons. The minimum absolute atomic E-state index is 0.505. The van der Waals surface area contributed by atoms with Crippen LogP contribution in [0.4, 0.5) is 0 Å². The Balaban J connectivity index is 2.25. The molecule has 0 aliphatic heterocycles. The van der Waals surface area contributed by atoms with Gasteiger partial charge in [0, 0.05) is 6.42 Å². The van der Waals surface area contributed by atoms with Crippen LogP contribution in [-0.2, 0) is 6.42 Å². The van der Waals surface area contributed by atoms with Crippen LogP contribution in [0, 0.1) is 11.3 Å².